The second kappa shape index (κ2) is 2.78. The lowest BCUT2D eigenvalue weighted by Gasteiger charge is -2.29. The average Bonchev–Trinajstić information content (AvgIpc) is 2.55. The molecule has 0 spiro atoms. The predicted molar refractivity (Wildman–Crippen MR) is 45.5 cm³/mol. The summed E-state index contributed by atoms with van der Waals surface area (Å²) in [6.45, 7) is 4.51. The first-order valence-corrected chi connectivity index (χ1v) is 4.89. The van der Waals surface area contributed by atoms with E-state index in [9.17, 15) is 0 Å². The van der Waals surface area contributed by atoms with E-state index in [4.69, 9.17) is 4.74 Å². The maximum absolute atomic E-state index is 5.43. The Bertz CT molecular complexity index is 130. The van der Waals surface area contributed by atoms with E-state index in [0.29, 0.717) is 5.41 Å². The zero-order chi connectivity index (χ0) is 7.73. The topological polar surface area (TPSA) is 9.23 Å². The van der Waals surface area contributed by atoms with Gasteiger partial charge in [-0.2, -0.15) is 0 Å². The first-order chi connectivity index (χ1) is 5.31. The highest BCUT2D eigenvalue weighted by atomic mass is 16.5. The van der Waals surface area contributed by atoms with Gasteiger partial charge in [0, 0.05) is 13.2 Å². The molecule has 64 valence electrons. The molecule has 0 N–H and O–H groups in total. The Balaban J connectivity index is 2.00. The second-order valence-corrected chi connectivity index (χ2v) is 4.42. The summed E-state index contributed by atoms with van der Waals surface area (Å²) in [5, 5.41) is 0. The van der Waals surface area contributed by atoms with Crippen LogP contribution in [-0.4, -0.2) is 13.2 Å². The Labute approximate surface area is 69.1 Å². The first kappa shape index (κ1) is 7.60. The molecule has 1 aliphatic heterocycles. The molecule has 1 aliphatic carbocycles. The molecule has 1 heterocycles. The van der Waals surface area contributed by atoms with Gasteiger partial charge in [-0.1, -0.05) is 19.8 Å². The summed E-state index contributed by atoms with van der Waals surface area (Å²) in [6, 6.07) is 0. The molecule has 2 fully saturated rings. The summed E-state index contributed by atoms with van der Waals surface area (Å²) in [6.07, 6.45) is 7.11. The van der Waals surface area contributed by atoms with Crippen molar-refractivity contribution >= 4 is 0 Å². The molecule has 1 heteroatoms. The van der Waals surface area contributed by atoms with Gasteiger partial charge in [0.25, 0.3) is 0 Å². The zero-order valence-electron chi connectivity index (χ0n) is 7.44. The molecule has 1 saturated heterocycles. The minimum absolute atomic E-state index is 0.649. The summed E-state index contributed by atoms with van der Waals surface area (Å²) in [7, 11) is 0. The lowest BCUT2D eigenvalue weighted by atomic mass is 9.75. The fourth-order valence-electron chi connectivity index (χ4n) is 2.68. The monoisotopic (exact) mass is 154 g/mol. The highest BCUT2D eigenvalue weighted by Gasteiger charge is 2.38. The van der Waals surface area contributed by atoms with Crippen molar-refractivity contribution in [3.05, 3.63) is 0 Å². The van der Waals surface area contributed by atoms with Crippen molar-refractivity contribution in [1.82, 2.24) is 0 Å². The fourth-order valence-corrected chi connectivity index (χ4v) is 2.68. The molecule has 1 unspecified atom stereocenters. The molecular formula is C10H18O. The van der Waals surface area contributed by atoms with Crippen molar-refractivity contribution in [2.75, 3.05) is 13.2 Å². The Morgan fingerprint density at radius 2 is 2.00 bits per heavy atom. The number of ether oxygens (including phenoxy) is 1. The van der Waals surface area contributed by atoms with E-state index in [1.54, 1.807) is 0 Å². The zero-order valence-corrected chi connectivity index (χ0v) is 7.44. The predicted octanol–water partition coefficient (Wildman–Crippen LogP) is 2.60. The molecular weight excluding hydrogens is 136 g/mol. The lowest BCUT2D eigenvalue weighted by Crippen LogP contribution is -2.24. The van der Waals surface area contributed by atoms with Crippen molar-refractivity contribution in [2.24, 2.45) is 11.3 Å². The molecule has 0 amide bonds. The van der Waals surface area contributed by atoms with E-state index >= 15 is 0 Å². The Kier molecular flexibility index (Phi) is 1.92. The van der Waals surface area contributed by atoms with Gasteiger partial charge in [0.2, 0.25) is 0 Å². The SMILES string of the molecule is CC1(C2CCOC2)CCCC1. The molecule has 0 aromatic heterocycles. The van der Waals surface area contributed by atoms with Gasteiger partial charge in [-0.15, -0.1) is 0 Å². The summed E-state index contributed by atoms with van der Waals surface area (Å²) in [5.74, 6) is 0.880. The molecule has 2 aliphatic rings. The minimum Gasteiger partial charge on any atom is -0.381 e. The van der Waals surface area contributed by atoms with E-state index in [0.717, 1.165) is 19.1 Å². The van der Waals surface area contributed by atoms with Gasteiger partial charge < -0.3 is 4.74 Å². The van der Waals surface area contributed by atoms with E-state index in [-0.39, 0.29) is 0 Å². The summed E-state index contributed by atoms with van der Waals surface area (Å²) in [5.41, 5.74) is 0.649. The van der Waals surface area contributed by atoms with Crippen molar-refractivity contribution in [3.8, 4) is 0 Å². The molecule has 2 rings (SSSR count). The molecule has 0 bridgehead atoms. The van der Waals surface area contributed by atoms with E-state index in [1.165, 1.54) is 32.1 Å². The third-order valence-electron chi connectivity index (χ3n) is 3.66. The van der Waals surface area contributed by atoms with E-state index in [1.807, 2.05) is 0 Å². The molecule has 0 aromatic carbocycles. The summed E-state index contributed by atoms with van der Waals surface area (Å²) >= 11 is 0. The molecule has 0 aromatic rings. The third-order valence-corrected chi connectivity index (χ3v) is 3.66. The van der Waals surface area contributed by atoms with Gasteiger partial charge in [0.05, 0.1) is 0 Å². The standard InChI is InChI=1S/C10H18O/c1-10(5-2-3-6-10)9-4-7-11-8-9/h9H,2-8H2,1H3. The largest absolute Gasteiger partial charge is 0.381 e. The number of hydrogen-bond donors (Lipinski definition) is 0. The summed E-state index contributed by atoms with van der Waals surface area (Å²) < 4.78 is 5.43. The van der Waals surface area contributed by atoms with Crippen LogP contribution in [0.15, 0.2) is 0 Å². The van der Waals surface area contributed by atoms with Crippen molar-refractivity contribution in [1.29, 1.82) is 0 Å². The van der Waals surface area contributed by atoms with Crippen LogP contribution in [0.1, 0.15) is 39.0 Å². The minimum atomic E-state index is 0.649. The van der Waals surface area contributed by atoms with Gasteiger partial charge in [-0.05, 0) is 30.6 Å². The van der Waals surface area contributed by atoms with Crippen LogP contribution in [0.4, 0.5) is 0 Å². The Morgan fingerprint density at radius 1 is 1.27 bits per heavy atom. The third kappa shape index (κ3) is 1.31. The smallest absolute Gasteiger partial charge is 0.0500 e. The molecule has 11 heavy (non-hydrogen) atoms. The van der Waals surface area contributed by atoms with Crippen LogP contribution in [0, 0.1) is 11.3 Å². The van der Waals surface area contributed by atoms with Gasteiger partial charge in [0.15, 0.2) is 0 Å². The van der Waals surface area contributed by atoms with Crippen LogP contribution in [0.2, 0.25) is 0 Å². The van der Waals surface area contributed by atoms with Gasteiger partial charge in [0.1, 0.15) is 0 Å². The molecule has 1 nitrogen and oxygen atoms in total. The fraction of sp³-hybridized carbons (Fsp3) is 1.00. The van der Waals surface area contributed by atoms with E-state index < -0.39 is 0 Å². The van der Waals surface area contributed by atoms with Gasteiger partial charge in [-0.25, -0.2) is 0 Å². The number of hydrogen-bond acceptors (Lipinski definition) is 1. The first-order valence-electron chi connectivity index (χ1n) is 4.89. The van der Waals surface area contributed by atoms with Crippen LogP contribution in [0.3, 0.4) is 0 Å². The van der Waals surface area contributed by atoms with Crippen LogP contribution in [0.5, 0.6) is 0 Å². The highest BCUT2D eigenvalue weighted by molar-refractivity contribution is 4.88. The van der Waals surface area contributed by atoms with Crippen LogP contribution in [-0.2, 0) is 4.74 Å². The maximum Gasteiger partial charge on any atom is 0.0500 e. The summed E-state index contributed by atoms with van der Waals surface area (Å²) in [4.78, 5) is 0. The average molecular weight is 154 g/mol. The quantitative estimate of drug-likeness (QED) is 0.564. The van der Waals surface area contributed by atoms with Crippen LogP contribution in [0.25, 0.3) is 0 Å². The molecule has 1 saturated carbocycles. The Hall–Kier alpha value is -0.0400. The van der Waals surface area contributed by atoms with Crippen molar-refractivity contribution < 1.29 is 4.74 Å². The number of rotatable bonds is 1. The lowest BCUT2D eigenvalue weighted by molar-refractivity contribution is 0.135. The molecule has 1 atom stereocenters. The maximum atomic E-state index is 5.43. The van der Waals surface area contributed by atoms with Crippen LogP contribution < -0.4 is 0 Å². The van der Waals surface area contributed by atoms with Gasteiger partial charge >= 0.3 is 0 Å². The second-order valence-electron chi connectivity index (χ2n) is 4.42. The molecule has 0 radical (unpaired) electrons. The Morgan fingerprint density at radius 3 is 2.55 bits per heavy atom. The van der Waals surface area contributed by atoms with Crippen LogP contribution >= 0.6 is 0 Å². The normalized spacial score (nSPS) is 36.3. The highest BCUT2D eigenvalue weighted by Crippen LogP contribution is 2.46. The van der Waals surface area contributed by atoms with Crippen molar-refractivity contribution in [2.45, 2.75) is 39.0 Å². The van der Waals surface area contributed by atoms with Crippen molar-refractivity contribution in [3.63, 3.8) is 0 Å². The van der Waals surface area contributed by atoms with E-state index in [2.05, 4.69) is 6.92 Å². The van der Waals surface area contributed by atoms with Gasteiger partial charge in [-0.3, -0.25) is 0 Å².